The van der Waals surface area contributed by atoms with Crippen LogP contribution >= 0.6 is 0 Å². The minimum atomic E-state index is 0.0859. The number of hydrogen-bond acceptors (Lipinski definition) is 3. The number of amidine groups is 1. The first-order chi connectivity index (χ1) is 10.0. The molecular formula is C17H26N2O2. The first-order valence-corrected chi connectivity index (χ1v) is 7.37. The Bertz CT molecular complexity index is 474. The lowest BCUT2D eigenvalue weighted by Crippen LogP contribution is -2.30. The summed E-state index contributed by atoms with van der Waals surface area (Å²) in [5, 5.41) is 8.43. The van der Waals surface area contributed by atoms with E-state index in [0.717, 1.165) is 30.0 Å². The predicted molar refractivity (Wildman–Crippen MR) is 87.8 cm³/mol. The predicted octanol–water partition coefficient (Wildman–Crippen LogP) is 3.78. The first-order valence-electron chi connectivity index (χ1n) is 7.37. The van der Waals surface area contributed by atoms with E-state index in [-0.39, 0.29) is 6.10 Å². The van der Waals surface area contributed by atoms with Gasteiger partial charge in [-0.1, -0.05) is 12.1 Å². The fourth-order valence-electron chi connectivity index (χ4n) is 1.95. The molecule has 4 heteroatoms. The molecule has 0 spiro atoms. The second-order valence-electron chi connectivity index (χ2n) is 4.97. The van der Waals surface area contributed by atoms with E-state index in [4.69, 9.17) is 14.9 Å². The Morgan fingerprint density at radius 3 is 2.19 bits per heavy atom. The summed E-state index contributed by atoms with van der Waals surface area (Å²) in [6, 6.07) is 7.70. The van der Waals surface area contributed by atoms with E-state index >= 15 is 0 Å². The molecule has 0 bridgehead atoms. The van der Waals surface area contributed by atoms with Crippen LogP contribution in [-0.4, -0.2) is 37.0 Å². The zero-order chi connectivity index (χ0) is 15.8. The summed E-state index contributed by atoms with van der Waals surface area (Å²) in [4.78, 5) is 2.00. The van der Waals surface area contributed by atoms with Crippen LogP contribution in [0.3, 0.4) is 0 Å². The van der Waals surface area contributed by atoms with Crippen LogP contribution in [0.5, 0.6) is 5.75 Å². The number of benzene rings is 1. The SMILES string of the molecule is CCN(CC)C(=N)/C(=C/OC(C)C)c1ccc(OC)cc1. The van der Waals surface area contributed by atoms with Gasteiger partial charge in [0, 0.05) is 13.1 Å². The molecule has 4 nitrogen and oxygen atoms in total. The molecule has 21 heavy (non-hydrogen) atoms. The number of hydrogen-bond donors (Lipinski definition) is 1. The molecule has 0 aromatic heterocycles. The minimum absolute atomic E-state index is 0.0859. The normalized spacial score (nSPS) is 11.4. The van der Waals surface area contributed by atoms with Crippen molar-refractivity contribution in [3.8, 4) is 5.75 Å². The van der Waals surface area contributed by atoms with E-state index in [0.29, 0.717) is 5.84 Å². The van der Waals surface area contributed by atoms with E-state index in [2.05, 4.69) is 0 Å². The van der Waals surface area contributed by atoms with Gasteiger partial charge in [-0.2, -0.15) is 0 Å². The van der Waals surface area contributed by atoms with Crippen molar-refractivity contribution in [1.29, 1.82) is 5.41 Å². The van der Waals surface area contributed by atoms with Crippen LogP contribution in [0.4, 0.5) is 0 Å². The highest BCUT2D eigenvalue weighted by Gasteiger charge is 2.14. The molecule has 116 valence electrons. The second kappa shape index (κ2) is 8.35. The molecule has 1 aromatic rings. The summed E-state index contributed by atoms with van der Waals surface area (Å²) < 4.78 is 10.8. The van der Waals surface area contributed by atoms with Gasteiger partial charge in [0.25, 0.3) is 0 Å². The van der Waals surface area contributed by atoms with E-state index in [1.807, 2.05) is 56.9 Å². The fraction of sp³-hybridized carbons (Fsp3) is 0.471. The second-order valence-corrected chi connectivity index (χ2v) is 4.97. The molecule has 1 rings (SSSR count). The van der Waals surface area contributed by atoms with E-state index in [1.54, 1.807) is 13.4 Å². The van der Waals surface area contributed by atoms with Crippen molar-refractivity contribution in [2.45, 2.75) is 33.8 Å². The van der Waals surface area contributed by atoms with Gasteiger partial charge in [0.15, 0.2) is 0 Å². The Labute approximate surface area is 127 Å². The smallest absolute Gasteiger partial charge is 0.131 e. The molecule has 0 aliphatic rings. The van der Waals surface area contributed by atoms with Crippen LogP contribution < -0.4 is 4.74 Å². The summed E-state index contributed by atoms with van der Waals surface area (Å²) >= 11 is 0. The number of nitrogens with zero attached hydrogens (tertiary/aromatic N) is 1. The summed E-state index contributed by atoms with van der Waals surface area (Å²) in [6.07, 6.45) is 1.77. The highest BCUT2D eigenvalue weighted by molar-refractivity contribution is 6.20. The third-order valence-corrected chi connectivity index (χ3v) is 3.19. The van der Waals surface area contributed by atoms with Crippen molar-refractivity contribution < 1.29 is 9.47 Å². The van der Waals surface area contributed by atoms with Crippen LogP contribution in [0.15, 0.2) is 30.5 Å². The van der Waals surface area contributed by atoms with Crippen LogP contribution in [0.1, 0.15) is 33.3 Å². The van der Waals surface area contributed by atoms with Gasteiger partial charge in [-0.05, 0) is 45.4 Å². The molecule has 0 saturated carbocycles. The average Bonchev–Trinajstić information content (AvgIpc) is 2.49. The van der Waals surface area contributed by atoms with Crippen molar-refractivity contribution in [3.05, 3.63) is 36.1 Å². The zero-order valence-corrected chi connectivity index (χ0v) is 13.6. The third-order valence-electron chi connectivity index (χ3n) is 3.19. The molecule has 0 unspecified atom stereocenters. The molecule has 1 aromatic carbocycles. The molecule has 0 radical (unpaired) electrons. The van der Waals surface area contributed by atoms with Gasteiger partial charge in [0.1, 0.15) is 11.6 Å². The molecule has 0 heterocycles. The lowest BCUT2D eigenvalue weighted by molar-refractivity contribution is 0.181. The molecule has 0 saturated heterocycles. The quantitative estimate of drug-likeness (QED) is 0.472. The van der Waals surface area contributed by atoms with Gasteiger partial charge in [-0.15, -0.1) is 0 Å². The lowest BCUT2D eigenvalue weighted by atomic mass is 10.1. The van der Waals surface area contributed by atoms with Gasteiger partial charge in [-0.25, -0.2) is 0 Å². The highest BCUT2D eigenvalue weighted by Crippen LogP contribution is 2.21. The molecule has 0 aliphatic heterocycles. The fourth-order valence-corrected chi connectivity index (χ4v) is 1.95. The topological polar surface area (TPSA) is 45.6 Å². The Morgan fingerprint density at radius 1 is 1.19 bits per heavy atom. The summed E-state index contributed by atoms with van der Waals surface area (Å²) in [7, 11) is 1.64. The van der Waals surface area contributed by atoms with Gasteiger partial charge in [0.05, 0.1) is 25.0 Å². The summed E-state index contributed by atoms with van der Waals surface area (Å²) in [6.45, 7) is 9.64. The minimum Gasteiger partial charge on any atom is -0.498 e. The van der Waals surface area contributed by atoms with Crippen LogP contribution in [-0.2, 0) is 4.74 Å². The highest BCUT2D eigenvalue weighted by atomic mass is 16.5. The number of ether oxygens (including phenoxy) is 2. The van der Waals surface area contributed by atoms with Crippen molar-refractivity contribution in [2.75, 3.05) is 20.2 Å². The van der Waals surface area contributed by atoms with E-state index < -0.39 is 0 Å². The van der Waals surface area contributed by atoms with Crippen molar-refractivity contribution in [3.63, 3.8) is 0 Å². The van der Waals surface area contributed by atoms with Crippen molar-refractivity contribution >= 4 is 11.4 Å². The van der Waals surface area contributed by atoms with Gasteiger partial charge in [0.2, 0.25) is 0 Å². The van der Waals surface area contributed by atoms with Crippen LogP contribution in [0.2, 0.25) is 0 Å². The zero-order valence-electron chi connectivity index (χ0n) is 13.6. The Hall–Kier alpha value is -1.97. The van der Waals surface area contributed by atoms with Gasteiger partial charge in [-0.3, -0.25) is 5.41 Å². The molecule has 0 amide bonds. The number of likely N-dealkylation sites (N-methyl/N-ethyl adjacent to an activating group) is 1. The molecular weight excluding hydrogens is 264 g/mol. The molecule has 1 N–H and O–H groups in total. The molecule has 0 fully saturated rings. The Morgan fingerprint density at radius 2 is 1.76 bits per heavy atom. The maximum absolute atomic E-state index is 8.43. The largest absolute Gasteiger partial charge is 0.498 e. The first kappa shape index (κ1) is 17.1. The van der Waals surface area contributed by atoms with Crippen LogP contribution in [0, 0.1) is 5.41 Å². The summed E-state index contributed by atoms with van der Waals surface area (Å²) in [5.41, 5.74) is 1.74. The number of nitrogens with one attached hydrogen (secondary N) is 1. The van der Waals surface area contributed by atoms with Crippen molar-refractivity contribution in [1.82, 2.24) is 4.90 Å². The monoisotopic (exact) mass is 290 g/mol. The Kier molecular flexibility index (Phi) is 6.79. The number of rotatable bonds is 7. The standard InChI is InChI=1S/C17H26N2O2/c1-6-19(7-2)17(18)16(12-21-13(3)4)14-8-10-15(20-5)11-9-14/h8-13,18H,6-7H2,1-5H3/b16-12+,18-17?. The molecule has 0 atom stereocenters. The van der Waals surface area contributed by atoms with Crippen molar-refractivity contribution in [2.24, 2.45) is 0 Å². The van der Waals surface area contributed by atoms with Gasteiger partial charge >= 0.3 is 0 Å². The maximum Gasteiger partial charge on any atom is 0.131 e. The lowest BCUT2D eigenvalue weighted by Gasteiger charge is -2.24. The summed E-state index contributed by atoms with van der Waals surface area (Å²) in [5.74, 6) is 1.28. The van der Waals surface area contributed by atoms with E-state index in [1.165, 1.54) is 0 Å². The average molecular weight is 290 g/mol. The van der Waals surface area contributed by atoms with Gasteiger partial charge < -0.3 is 14.4 Å². The maximum atomic E-state index is 8.43. The van der Waals surface area contributed by atoms with E-state index in [9.17, 15) is 0 Å². The molecule has 0 aliphatic carbocycles. The Balaban J connectivity index is 3.11. The number of methoxy groups -OCH3 is 1. The van der Waals surface area contributed by atoms with Crippen LogP contribution in [0.25, 0.3) is 5.57 Å². The third kappa shape index (κ3) is 4.81.